The molecule has 0 bridgehead atoms. The van der Waals surface area contributed by atoms with Crippen LogP contribution in [-0.4, -0.2) is 137 Å². The number of aromatic nitrogens is 1. The number of amides is 5. The number of carbonyl (C=O) groups excluding carboxylic acids is 5. The maximum Gasteiger partial charge on any atom is 0.255 e. The van der Waals surface area contributed by atoms with Crippen LogP contribution in [0.4, 0.5) is 5.82 Å². The van der Waals surface area contributed by atoms with Crippen LogP contribution in [0.15, 0.2) is 18.3 Å². The summed E-state index contributed by atoms with van der Waals surface area (Å²) in [6.45, 7) is 4.12. The van der Waals surface area contributed by atoms with Gasteiger partial charge in [-0.3, -0.25) is 28.9 Å². The fourth-order valence-electron chi connectivity index (χ4n) is 5.64. The minimum atomic E-state index is -0.666. The van der Waals surface area contributed by atoms with Crippen LogP contribution in [0.5, 0.6) is 0 Å². The minimum absolute atomic E-state index is 0.00986. The fourth-order valence-corrected chi connectivity index (χ4v) is 5.64. The molecule has 5 amide bonds. The Bertz CT molecular complexity index is 1190. The van der Waals surface area contributed by atoms with Gasteiger partial charge in [0.2, 0.25) is 11.8 Å². The third kappa shape index (κ3) is 11.5. The van der Waals surface area contributed by atoms with Gasteiger partial charge in [0.25, 0.3) is 17.7 Å². The Labute approximate surface area is 274 Å². The zero-order valence-electron chi connectivity index (χ0n) is 26.8. The Morgan fingerprint density at radius 3 is 2.19 bits per heavy atom. The zero-order chi connectivity index (χ0) is 33.5. The molecule has 3 heterocycles. The van der Waals surface area contributed by atoms with Gasteiger partial charge in [0.1, 0.15) is 25.6 Å². The molecule has 3 aliphatic rings. The van der Waals surface area contributed by atoms with Crippen LogP contribution in [0.25, 0.3) is 0 Å². The second kappa shape index (κ2) is 18.6. The smallest absolute Gasteiger partial charge is 0.255 e. The highest BCUT2D eigenvalue weighted by Gasteiger charge is 2.41. The summed E-state index contributed by atoms with van der Waals surface area (Å²) < 4.78 is 20.9. The quantitative estimate of drug-likeness (QED) is 0.101. The Kier molecular flexibility index (Phi) is 14.3. The number of anilines is 1. The molecule has 16 heteroatoms. The first-order valence-corrected chi connectivity index (χ1v) is 16.2. The molecule has 3 fully saturated rings. The summed E-state index contributed by atoms with van der Waals surface area (Å²) in [5, 5.41) is 8.83. The molecule has 1 aromatic rings. The Balaban J connectivity index is 1.10. The van der Waals surface area contributed by atoms with Gasteiger partial charge in [0.05, 0.1) is 45.2 Å². The average molecular weight is 662 g/mol. The molecule has 2 aliphatic heterocycles. The molecule has 16 nitrogen and oxygen atoms in total. The number of rotatable bonds is 19. The normalized spacial score (nSPS) is 18.1. The predicted molar refractivity (Wildman–Crippen MR) is 168 cm³/mol. The van der Waals surface area contributed by atoms with E-state index in [9.17, 15) is 24.0 Å². The molecule has 2 saturated heterocycles. The minimum Gasteiger partial charge on any atom is -0.378 e. The van der Waals surface area contributed by atoms with Crippen LogP contribution in [0.2, 0.25) is 0 Å². The predicted octanol–water partition coefficient (Wildman–Crippen LogP) is -1.28. The molecule has 47 heavy (non-hydrogen) atoms. The lowest BCUT2D eigenvalue weighted by Gasteiger charge is -2.43. The van der Waals surface area contributed by atoms with Gasteiger partial charge in [-0.25, -0.2) is 4.98 Å². The summed E-state index contributed by atoms with van der Waals surface area (Å²) >= 11 is 0. The van der Waals surface area contributed by atoms with E-state index in [-0.39, 0.29) is 44.0 Å². The SMILES string of the molecule is NCCOCCOCCOCCNC(=O)c1ccc(N2CCC(NC(=O)CC3(NC(=O)CN4C(=O)COCC4=O)CCC3)CC2)nc1. The van der Waals surface area contributed by atoms with Crippen LogP contribution >= 0.6 is 0 Å². The number of morpholine rings is 1. The first-order chi connectivity index (χ1) is 22.8. The standard InChI is InChI=1S/C31H47N7O9/c32-8-12-44-14-16-46-17-15-45-13-9-33-30(43)23-2-3-25(34-19-23)37-10-4-24(5-11-37)35-26(39)18-31(6-1-7-31)36-27(40)20-38-28(41)21-47-22-29(38)42/h2-3,19,24H,1,4-18,20-22,32H2,(H,33,43)(H,35,39)(H,36,40). The maximum atomic E-state index is 13.0. The van der Waals surface area contributed by atoms with E-state index in [2.05, 4.69) is 25.8 Å². The van der Waals surface area contributed by atoms with Crippen molar-refractivity contribution >= 4 is 35.4 Å². The van der Waals surface area contributed by atoms with Crippen LogP contribution < -0.4 is 26.6 Å². The van der Waals surface area contributed by atoms with Gasteiger partial charge < -0.3 is 45.5 Å². The monoisotopic (exact) mass is 661 g/mol. The summed E-state index contributed by atoms with van der Waals surface area (Å²) in [7, 11) is 0. The van der Waals surface area contributed by atoms with Crippen molar-refractivity contribution in [3.8, 4) is 0 Å². The molecule has 1 aromatic heterocycles. The average Bonchev–Trinajstić information content (AvgIpc) is 3.04. The van der Waals surface area contributed by atoms with Crippen molar-refractivity contribution in [1.82, 2.24) is 25.8 Å². The number of nitrogens with two attached hydrogens (primary N) is 1. The lowest BCUT2D eigenvalue weighted by atomic mass is 9.74. The van der Waals surface area contributed by atoms with Crippen molar-refractivity contribution in [2.24, 2.45) is 5.73 Å². The third-order valence-corrected chi connectivity index (χ3v) is 8.30. The lowest BCUT2D eigenvalue weighted by molar-refractivity contribution is -0.160. The van der Waals surface area contributed by atoms with E-state index in [1.54, 1.807) is 12.3 Å². The Morgan fingerprint density at radius 1 is 0.936 bits per heavy atom. The molecule has 5 N–H and O–H groups in total. The second-order valence-corrected chi connectivity index (χ2v) is 11.8. The lowest BCUT2D eigenvalue weighted by Crippen LogP contribution is -2.59. The van der Waals surface area contributed by atoms with Gasteiger partial charge in [0, 0.05) is 50.4 Å². The van der Waals surface area contributed by atoms with Crippen molar-refractivity contribution in [2.45, 2.75) is 50.1 Å². The number of imide groups is 1. The number of hydrogen-bond acceptors (Lipinski definition) is 12. The van der Waals surface area contributed by atoms with E-state index in [0.29, 0.717) is 84.2 Å². The number of piperidine rings is 1. The number of pyridine rings is 1. The number of hydrogen-bond donors (Lipinski definition) is 4. The number of nitrogens with one attached hydrogen (secondary N) is 3. The van der Waals surface area contributed by atoms with Crippen molar-refractivity contribution in [3.05, 3.63) is 23.9 Å². The highest BCUT2D eigenvalue weighted by Crippen LogP contribution is 2.35. The third-order valence-electron chi connectivity index (χ3n) is 8.30. The van der Waals surface area contributed by atoms with Gasteiger partial charge >= 0.3 is 0 Å². The summed E-state index contributed by atoms with van der Waals surface area (Å²) in [6, 6.07) is 3.55. The van der Waals surface area contributed by atoms with Crippen molar-refractivity contribution in [3.63, 3.8) is 0 Å². The Hall–Kier alpha value is -3.70. The molecular formula is C31H47N7O9. The van der Waals surface area contributed by atoms with Crippen LogP contribution in [0.1, 0.15) is 48.9 Å². The second-order valence-electron chi connectivity index (χ2n) is 11.8. The van der Waals surface area contributed by atoms with Crippen LogP contribution in [0.3, 0.4) is 0 Å². The molecule has 0 aromatic carbocycles. The molecule has 1 saturated carbocycles. The van der Waals surface area contributed by atoms with Gasteiger partial charge in [-0.2, -0.15) is 0 Å². The molecule has 0 spiro atoms. The highest BCUT2D eigenvalue weighted by atomic mass is 16.5. The van der Waals surface area contributed by atoms with E-state index in [1.807, 2.05) is 6.07 Å². The van der Waals surface area contributed by atoms with E-state index in [0.717, 1.165) is 30.0 Å². The maximum absolute atomic E-state index is 13.0. The molecule has 1 aliphatic carbocycles. The van der Waals surface area contributed by atoms with Gasteiger partial charge in [-0.1, -0.05) is 0 Å². The topological polar surface area (TPSA) is 204 Å². The summed E-state index contributed by atoms with van der Waals surface area (Å²) in [6.07, 6.45) is 5.34. The van der Waals surface area contributed by atoms with Crippen LogP contribution in [0, 0.1) is 0 Å². The largest absolute Gasteiger partial charge is 0.378 e. The van der Waals surface area contributed by atoms with Gasteiger partial charge in [0.15, 0.2) is 0 Å². The summed E-state index contributed by atoms with van der Waals surface area (Å²) in [5.41, 5.74) is 5.13. The van der Waals surface area contributed by atoms with Gasteiger partial charge in [-0.15, -0.1) is 0 Å². The molecule has 260 valence electrons. The van der Waals surface area contributed by atoms with E-state index >= 15 is 0 Å². The van der Waals surface area contributed by atoms with Crippen molar-refractivity contribution < 1.29 is 42.9 Å². The number of nitrogens with zero attached hydrogens (tertiary/aromatic N) is 3. The molecular weight excluding hydrogens is 614 g/mol. The van der Waals surface area contributed by atoms with Gasteiger partial charge in [-0.05, 0) is 44.2 Å². The van der Waals surface area contributed by atoms with E-state index < -0.39 is 23.3 Å². The first-order valence-electron chi connectivity index (χ1n) is 16.2. The zero-order valence-corrected chi connectivity index (χ0v) is 26.8. The van der Waals surface area contributed by atoms with Crippen LogP contribution in [-0.2, 0) is 38.1 Å². The summed E-state index contributed by atoms with van der Waals surface area (Å²) in [5.74, 6) is -1.16. The van der Waals surface area contributed by atoms with E-state index in [4.69, 9.17) is 24.7 Å². The molecule has 4 rings (SSSR count). The number of ether oxygens (including phenoxy) is 4. The summed E-state index contributed by atoms with van der Waals surface area (Å²) in [4.78, 5) is 69.5. The number of carbonyl (C=O) groups is 5. The van der Waals surface area contributed by atoms with E-state index in [1.165, 1.54) is 0 Å². The molecule has 0 unspecified atom stereocenters. The fraction of sp³-hybridized carbons (Fsp3) is 0.677. The molecule has 0 atom stereocenters. The van der Waals surface area contributed by atoms with Crippen molar-refractivity contribution in [2.75, 3.05) is 90.5 Å². The molecule has 0 radical (unpaired) electrons. The highest BCUT2D eigenvalue weighted by molar-refractivity contribution is 6.01. The Morgan fingerprint density at radius 2 is 1.60 bits per heavy atom. The first kappa shape index (κ1) is 36.1. The van der Waals surface area contributed by atoms with Crippen molar-refractivity contribution in [1.29, 1.82) is 0 Å².